The van der Waals surface area contributed by atoms with Crippen LogP contribution in [0.3, 0.4) is 0 Å². The molecule has 3 aliphatic rings. The van der Waals surface area contributed by atoms with Gasteiger partial charge in [-0.1, -0.05) is 45.9 Å². The van der Waals surface area contributed by atoms with Gasteiger partial charge in [0.25, 0.3) is 5.91 Å². The van der Waals surface area contributed by atoms with Crippen molar-refractivity contribution >= 4 is 28.6 Å². The van der Waals surface area contributed by atoms with Crippen molar-refractivity contribution < 1.29 is 14.4 Å². The molecule has 2 aliphatic heterocycles. The predicted octanol–water partition coefficient (Wildman–Crippen LogP) is 5.82. The van der Waals surface area contributed by atoms with Crippen molar-refractivity contribution in [3.63, 3.8) is 0 Å². The Kier molecular flexibility index (Phi) is 7.25. The molecule has 4 heterocycles. The summed E-state index contributed by atoms with van der Waals surface area (Å²) in [6, 6.07) is 14.0. The number of aromatic nitrogens is 3. The molecule has 1 aliphatic carbocycles. The normalized spacial score (nSPS) is 19.4. The number of fused-ring (bicyclic) bond motifs is 3. The van der Waals surface area contributed by atoms with Gasteiger partial charge in [-0.05, 0) is 78.5 Å². The number of imide groups is 1. The highest BCUT2D eigenvalue weighted by Gasteiger charge is 2.31. The largest absolute Gasteiger partial charge is 0.353 e. The van der Waals surface area contributed by atoms with Crippen molar-refractivity contribution in [3.8, 4) is 11.4 Å². The van der Waals surface area contributed by atoms with Crippen LogP contribution in [0, 0.1) is 5.41 Å². The van der Waals surface area contributed by atoms with Gasteiger partial charge in [0.1, 0.15) is 5.69 Å². The van der Waals surface area contributed by atoms with Crippen LogP contribution < -0.4 is 5.32 Å². The SMILES string of the molecule is CC.CC1(C)CCc2c(-c3cc4cc(C(=O)N5CCc6cc(C7CCC(=O)NC7=O)ccc6C5)ccc4[nH]3)n[nH]c2C1. The Labute approximate surface area is 246 Å². The molecule has 0 radical (unpaired) electrons. The van der Waals surface area contributed by atoms with E-state index in [9.17, 15) is 14.4 Å². The number of carbonyl (C=O) groups is 3. The molecule has 0 bridgehead atoms. The number of nitrogens with zero attached hydrogens (tertiary/aromatic N) is 2. The molecule has 1 saturated heterocycles. The quantitative estimate of drug-likeness (QED) is 0.272. The van der Waals surface area contributed by atoms with Gasteiger partial charge in [0.15, 0.2) is 0 Å². The first-order valence-electron chi connectivity index (χ1n) is 15.2. The highest BCUT2D eigenvalue weighted by Crippen LogP contribution is 2.38. The standard InChI is InChI=1S/C32H33N5O3.C2H6/c1-32(2)11-9-24-27(16-32)35-36-29(24)26-15-22-14-20(5-7-25(22)33-26)31(40)37-12-10-18-13-19(3-4-21(18)17-37)23-6-8-28(38)34-30(23)39;1-2/h3-5,7,13-15,23,33H,6,8-12,16-17H2,1-2H3,(H,35,36)(H,34,38,39);1-2H3. The van der Waals surface area contributed by atoms with Gasteiger partial charge >= 0.3 is 0 Å². The number of carbonyl (C=O) groups excluding carboxylic acids is 3. The number of nitrogens with one attached hydrogen (secondary N) is 3. The van der Waals surface area contributed by atoms with Crippen molar-refractivity contribution in [1.29, 1.82) is 0 Å². The van der Waals surface area contributed by atoms with Crippen LogP contribution in [-0.4, -0.2) is 44.3 Å². The first-order chi connectivity index (χ1) is 20.2. The summed E-state index contributed by atoms with van der Waals surface area (Å²) >= 11 is 0. The Morgan fingerprint density at radius 2 is 1.83 bits per heavy atom. The van der Waals surface area contributed by atoms with Crippen LogP contribution in [0.25, 0.3) is 22.3 Å². The smallest absolute Gasteiger partial charge is 0.254 e. The van der Waals surface area contributed by atoms with Crippen LogP contribution >= 0.6 is 0 Å². The van der Waals surface area contributed by atoms with Crippen molar-refractivity contribution in [3.05, 3.63) is 76.0 Å². The number of piperidine rings is 1. The number of hydrogen-bond donors (Lipinski definition) is 3. The van der Waals surface area contributed by atoms with Gasteiger partial charge in [-0.15, -0.1) is 0 Å². The van der Waals surface area contributed by atoms with Gasteiger partial charge in [-0.25, -0.2) is 0 Å². The lowest BCUT2D eigenvalue weighted by Gasteiger charge is -2.30. The third-order valence-electron chi connectivity index (χ3n) is 8.95. The first kappa shape index (κ1) is 27.9. The van der Waals surface area contributed by atoms with E-state index in [1.807, 2.05) is 49.1 Å². The number of benzene rings is 2. The topological polar surface area (TPSA) is 111 Å². The zero-order valence-corrected chi connectivity index (χ0v) is 24.9. The van der Waals surface area contributed by atoms with E-state index in [1.54, 1.807) is 0 Å². The maximum absolute atomic E-state index is 13.5. The van der Waals surface area contributed by atoms with E-state index in [4.69, 9.17) is 0 Å². The van der Waals surface area contributed by atoms with E-state index in [2.05, 4.69) is 46.5 Å². The average molecular weight is 566 g/mol. The maximum atomic E-state index is 13.5. The van der Waals surface area contributed by atoms with E-state index in [-0.39, 0.29) is 29.1 Å². The molecule has 2 aromatic heterocycles. The fourth-order valence-corrected chi connectivity index (χ4v) is 6.62. The fraction of sp³-hybridized carbons (Fsp3) is 0.412. The molecule has 3 amide bonds. The molecule has 1 unspecified atom stereocenters. The van der Waals surface area contributed by atoms with E-state index in [0.717, 1.165) is 59.1 Å². The fourth-order valence-electron chi connectivity index (χ4n) is 6.62. The van der Waals surface area contributed by atoms with Gasteiger partial charge in [-0.3, -0.25) is 24.8 Å². The first-order valence-corrected chi connectivity index (χ1v) is 15.2. The molecule has 1 atom stereocenters. The molecule has 8 nitrogen and oxygen atoms in total. The minimum absolute atomic E-state index is 0.0175. The van der Waals surface area contributed by atoms with E-state index < -0.39 is 0 Å². The minimum atomic E-state index is -0.292. The van der Waals surface area contributed by atoms with Gasteiger partial charge < -0.3 is 9.88 Å². The summed E-state index contributed by atoms with van der Waals surface area (Å²) in [6.45, 7) is 9.77. The van der Waals surface area contributed by atoms with Gasteiger partial charge in [0.2, 0.25) is 11.8 Å². The number of amides is 3. The molecule has 42 heavy (non-hydrogen) atoms. The highest BCUT2D eigenvalue weighted by atomic mass is 16.2. The van der Waals surface area contributed by atoms with Crippen LogP contribution in [-0.2, 0) is 35.4 Å². The zero-order chi connectivity index (χ0) is 29.6. The summed E-state index contributed by atoms with van der Waals surface area (Å²) < 4.78 is 0. The third-order valence-corrected chi connectivity index (χ3v) is 8.95. The minimum Gasteiger partial charge on any atom is -0.353 e. The van der Waals surface area contributed by atoms with Crippen molar-refractivity contribution in [1.82, 2.24) is 25.4 Å². The molecule has 0 spiro atoms. The summed E-state index contributed by atoms with van der Waals surface area (Å²) in [5.41, 5.74) is 9.67. The molecule has 4 aromatic rings. The summed E-state index contributed by atoms with van der Waals surface area (Å²) in [5, 5.41) is 11.4. The summed E-state index contributed by atoms with van der Waals surface area (Å²) in [6.07, 6.45) is 4.80. The number of aromatic amines is 2. The molecular formula is C34H39N5O3. The molecule has 7 rings (SSSR count). The molecule has 1 fully saturated rings. The number of H-pyrrole nitrogens is 2. The van der Waals surface area contributed by atoms with Crippen LogP contribution in [0.2, 0.25) is 0 Å². The predicted molar refractivity (Wildman–Crippen MR) is 163 cm³/mol. The van der Waals surface area contributed by atoms with Crippen LogP contribution in [0.1, 0.15) is 91.2 Å². The average Bonchev–Trinajstić information content (AvgIpc) is 3.60. The van der Waals surface area contributed by atoms with E-state index >= 15 is 0 Å². The number of rotatable bonds is 3. The lowest BCUT2D eigenvalue weighted by molar-refractivity contribution is -0.134. The molecule has 218 valence electrons. The van der Waals surface area contributed by atoms with Gasteiger partial charge in [-0.2, -0.15) is 5.10 Å². The van der Waals surface area contributed by atoms with Crippen LogP contribution in [0.5, 0.6) is 0 Å². The van der Waals surface area contributed by atoms with Gasteiger partial charge in [0, 0.05) is 47.2 Å². The molecular weight excluding hydrogens is 526 g/mol. The Hall–Kier alpha value is -4.20. The summed E-state index contributed by atoms with van der Waals surface area (Å²) in [5.74, 6) is -0.696. The zero-order valence-electron chi connectivity index (χ0n) is 24.9. The van der Waals surface area contributed by atoms with Crippen molar-refractivity contribution in [2.75, 3.05) is 6.54 Å². The second-order valence-corrected chi connectivity index (χ2v) is 12.4. The second-order valence-electron chi connectivity index (χ2n) is 12.4. The van der Waals surface area contributed by atoms with Crippen LogP contribution in [0.4, 0.5) is 0 Å². The number of hydrogen-bond acceptors (Lipinski definition) is 4. The monoisotopic (exact) mass is 565 g/mol. The molecule has 8 heteroatoms. The molecule has 3 N–H and O–H groups in total. The lowest BCUT2D eigenvalue weighted by Crippen LogP contribution is -2.39. The lowest BCUT2D eigenvalue weighted by atomic mass is 9.76. The van der Waals surface area contributed by atoms with E-state index in [0.29, 0.717) is 31.5 Å². The molecule has 2 aromatic carbocycles. The Bertz CT molecular complexity index is 1690. The second kappa shape index (κ2) is 10.9. The summed E-state index contributed by atoms with van der Waals surface area (Å²) in [4.78, 5) is 42.8. The summed E-state index contributed by atoms with van der Waals surface area (Å²) in [7, 11) is 0. The van der Waals surface area contributed by atoms with Crippen molar-refractivity contribution in [2.45, 2.75) is 78.7 Å². The Morgan fingerprint density at radius 3 is 2.64 bits per heavy atom. The van der Waals surface area contributed by atoms with Crippen molar-refractivity contribution in [2.24, 2.45) is 5.41 Å². The van der Waals surface area contributed by atoms with Crippen LogP contribution in [0.15, 0.2) is 42.5 Å². The third kappa shape index (κ3) is 5.14. The highest BCUT2D eigenvalue weighted by molar-refractivity contribution is 6.01. The molecule has 0 saturated carbocycles. The Balaban J connectivity index is 0.00000155. The Morgan fingerprint density at radius 1 is 1.00 bits per heavy atom. The maximum Gasteiger partial charge on any atom is 0.254 e. The van der Waals surface area contributed by atoms with Gasteiger partial charge in [0.05, 0.1) is 11.6 Å². The van der Waals surface area contributed by atoms with E-state index in [1.165, 1.54) is 16.8 Å².